The van der Waals surface area contributed by atoms with Gasteiger partial charge in [0, 0.05) is 6.42 Å². The predicted molar refractivity (Wildman–Crippen MR) is 86.8 cm³/mol. The molecule has 1 unspecified atom stereocenters. The molecule has 0 aliphatic heterocycles. The molecule has 0 saturated heterocycles. The number of amides is 1. The van der Waals surface area contributed by atoms with Crippen LogP contribution in [0.15, 0.2) is 18.2 Å². The maximum absolute atomic E-state index is 12.1. The van der Waals surface area contributed by atoms with Gasteiger partial charge in [0.05, 0.1) is 26.7 Å². The van der Waals surface area contributed by atoms with Crippen molar-refractivity contribution in [2.75, 3.05) is 14.2 Å². The summed E-state index contributed by atoms with van der Waals surface area (Å²) >= 11 is 0. The van der Waals surface area contributed by atoms with Crippen molar-refractivity contribution in [3.63, 3.8) is 0 Å². The highest BCUT2D eigenvalue weighted by atomic mass is 16.5. The van der Waals surface area contributed by atoms with Crippen LogP contribution in [0, 0.1) is 5.41 Å². The van der Waals surface area contributed by atoms with Gasteiger partial charge < -0.3 is 19.9 Å². The topological polar surface area (TPSA) is 84.9 Å². The van der Waals surface area contributed by atoms with E-state index in [2.05, 4.69) is 5.32 Å². The van der Waals surface area contributed by atoms with Gasteiger partial charge in [-0.3, -0.25) is 9.59 Å². The van der Waals surface area contributed by atoms with Crippen molar-refractivity contribution in [1.82, 2.24) is 5.32 Å². The minimum Gasteiger partial charge on any atom is -0.493 e. The molecule has 128 valence electrons. The Morgan fingerprint density at radius 1 is 1.17 bits per heavy atom. The van der Waals surface area contributed by atoms with Gasteiger partial charge in [0.2, 0.25) is 5.91 Å². The van der Waals surface area contributed by atoms with E-state index in [-0.39, 0.29) is 24.8 Å². The van der Waals surface area contributed by atoms with Crippen LogP contribution >= 0.6 is 0 Å². The van der Waals surface area contributed by atoms with E-state index in [4.69, 9.17) is 14.6 Å². The van der Waals surface area contributed by atoms with Gasteiger partial charge in [-0.05, 0) is 30.0 Å². The summed E-state index contributed by atoms with van der Waals surface area (Å²) in [4.78, 5) is 23.0. The van der Waals surface area contributed by atoms with Crippen LogP contribution < -0.4 is 14.8 Å². The van der Waals surface area contributed by atoms with Crippen molar-refractivity contribution in [2.45, 2.75) is 39.7 Å². The molecule has 0 bridgehead atoms. The largest absolute Gasteiger partial charge is 0.493 e. The highest BCUT2D eigenvalue weighted by molar-refractivity contribution is 5.78. The van der Waals surface area contributed by atoms with Crippen LogP contribution in [-0.4, -0.2) is 31.2 Å². The van der Waals surface area contributed by atoms with Crippen LogP contribution in [0.3, 0.4) is 0 Å². The Balaban J connectivity index is 2.73. The molecule has 1 aromatic rings. The maximum Gasteiger partial charge on any atom is 0.303 e. The molecule has 6 nitrogen and oxygen atoms in total. The van der Waals surface area contributed by atoms with E-state index in [0.717, 1.165) is 5.56 Å². The molecule has 2 N–H and O–H groups in total. The van der Waals surface area contributed by atoms with Crippen LogP contribution in [0.1, 0.15) is 45.2 Å². The van der Waals surface area contributed by atoms with Crippen molar-refractivity contribution in [2.24, 2.45) is 5.41 Å². The van der Waals surface area contributed by atoms with E-state index >= 15 is 0 Å². The molecule has 0 aliphatic rings. The molecule has 0 aromatic heterocycles. The zero-order valence-electron chi connectivity index (χ0n) is 14.3. The molecule has 0 radical (unpaired) electrons. The number of rotatable bonds is 8. The number of methoxy groups -OCH3 is 2. The highest BCUT2D eigenvalue weighted by Gasteiger charge is 2.26. The maximum atomic E-state index is 12.1. The smallest absolute Gasteiger partial charge is 0.303 e. The first kappa shape index (κ1) is 18.8. The Morgan fingerprint density at radius 3 is 2.30 bits per heavy atom. The fourth-order valence-corrected chi connectivity index (χ4v) is 2.40. The SMILES string of the molecule is COc1ccc(C(C)NC(=O)CC(C)(C)CC(=O)O)cc1OC. The van der Waals surface area contributed by atoms with Gasteiger partial charge in [-0.1, -0.05) is 19.9 Å². The second-order valence-corrected chi connectivity index (χ2v) is 6.32. The number of carbonyl (C=O) groups excluding carboxylic acids is 1. The number of nitrogens with one attached hydrogen (secondary N) is 1. The van der Waals surface area contributed by atoms with Crippen molar-refractivity contribution in [3.8, 4) is 11.5 Å². The lowest BCUT2D eigenvalue weighted by Gasteiger charge is -2.23. The molecule has 23 heavy (non-hydrogen) atoms. The third-order valence-corrected chi connectivity index (χ3v) is 3.55. The first-order valence-electron chi connectivity index (χ1n) is 7.41. The van der Waals surface area contributed by atoms with Crippen LogP contribution in [0.4, 0.5) is 0 Å². The van der Waals surface area contributed by atoms with Gasteiger partial charge in [0.1, 0.15) is 0 Å². The van der Waals surface area contributed by atoms with Crippen molar-refractivity contribution in [1.29, 1.82) is 0 Å². The minimum absolute atomic E-state index is 0.0504. The van der Waals surface area contributed by atoms with Crippen LogP contribution in [0.5, 0.6) is 11.5 Å². The van der Waals surface area contributed by atoms with Gasteiger partial charge in [-0.15, -0.1) is 0 Å². The second kappa shape index (κ2) is 7.85. The first-order valence-corrected chi connectivity index (χ1v) is 7.41. The molecule has 0 fully saturated rings. The molecular weight excluding hydrogens is 298 g/mol. The third kappa shape index (κ3) is 5.81. The fourth-order valence-electron chi connectivity index (χ4n) is 2.40. The fraction of sp³-hybridized carbons (Fsp3) is 0.529. The van der Waals surface area contributed by atoms with Gasteiger partial charge >= 0.3 is 5.97 Å². The molecule has 0 heterocycles. The third-order valence-electron chi connectivity index (χ3n) is 3.55. The molecule has 1 atom stereocenters. The summed E-state index contributed by atoms with van der Waals surface area (Å²) < 4.78 is 10.4. The van der Waals surface area contributed by atoms with E-state index < -0.39 is 11.4 Å². The summed E-state index contributed by atoms with van der Waals surface area (Å²) in [5.74, 6) is 0.129. The Bertz CT molecular complexity index is 568. The Morgan fingerprint density at radius 2 is 1.78 bits per heavy atom. The second-order valence-electron chi connectivity index (χ2n) is 6.32. The Hall–Kier alpha value is -2.24. The van der Waals surface area contributed by atoms with E-state index in [9.17, 15) is 9.59 Å². The molecule has 1 aromatic carbocycles. The Kier molecular flexibility index (Phi) is 6.42. The summed E-state index contributed by atoms with van der Waals surface area (Å²) in [7, 11) is 3.12. The Labute approximate surface area is 136 Å². The number of aliphatic carboxylic acids is 1. The first-order chi connectivity index (χ1) is 10.7. The van der Waals surface area contributed by atoms with E-state index in [0.29, 0.717) is 11.5 Å². The summed E-state index contributed by atoms with van der Waals surface area (Å²) in [6, 6.07) is 5.23. The zero-order valence-corrected chi connectivity index (χ0v) is 14.3. The number of carboxylic acids is 1. The van der Waals surface area contributed by atoms with Crippen LogP contribution in [-0.2, 0) is 9.59 Å². The van der Waals surface area contributed by atoms with Crippen molar-refractivity contribution < 1.29 is 24.2 Å². The lowest BCUT2D eigenvalue weighted by Crippen LogP contribution is -2.31. The number of hydrogen-bond donors (Lipinski definition) is 2. The number of benzene rings is 1. The summed E-state index contributed by atoms with van der Waals surface area (Å²) in [5, 5.41) is 11.8. The number of carboxylic acid groups (broad SMARTS) is 1. The predicted octanol–water partition coefficient (Wildman–Crippen LogP) is 2.77. The number of ether oxygens (including phenoxy) is 2. The van der Waals surface area contributed by atoms with Crippen molar-refractivity contribution in [3.05, 3.63) is 23.8 Å². The number of hydrogen-bond acceptors (Lipinski definition) is 4. The molecule has 0 aliphatic carbocycles. The van der Waals surface area contributed by atoms with Crippen LogP contribution in [0.2, 0.25) is 0 Å². The summed E-state index contributed by atoms with van der Waals surface area (Å²) in [6.45, 7) is 5.40. The minimum atomic E-state index is -0.907. The normalized spacial score (nSPS) is 12.4. The molecule has 1 amide bonds. The van der Waals surface area contributed by atoms with Crippen molar-refractivity contribution >= 4 is 11.9 Å². The zero-order chi connectivity index (χ0) is 17.6. The lowest BCUT2D eigenvalue weighted by atomic mass is 9.85. The lowest BCUT2D eigenvalue weighted by molar-refractivity contribution is -0.139. The van der Waals surface area contributed by atoms with Gasteiger partial charge in [-0.2, -0.15) is 0 Å². The molecule has 6 heteroatoms. The average molecular weight is 323 g/mol. The number of carbonyl (C=O) groups is 2. The van der Waals surface area contributed by atoms with Gasteiger partial charge in [0.25, 0.3) is 0 Å². The van der Waals surface area contributed by atoms with Crippen LogP contribution in [0.25, 0.3) is 0 Å². The molecule has 0 spiro atoms. The standard InChI is InChI=1S/C17H25NO5/c1-11(12-6-7-13(22-4)14(8-12)23-5)18-15(19)9-17(2,3)10-16(20)21/h6-8,11H,9-10H2,1-5H3,(H,18,19)(H,20,21). The van der Waals surface area contributed by atoms with Gasteiger partial charge in [-0.25, -0.2) is 0 Å². The molecule has 1 rings (SSSR count). The monoisotopic (exact) mass is 323 g/mol. The summed E-state index contributed by atoms with van der Waals surface area (Å²) in [6.07, 6.45) is 0.0993. The molecule has 0 saturated carbocycles. The quantitative estimate of drug-likeness (QED) is 0.768. The summed E-state index contributed by atoms with van der Waals surface area (Å²) in [5.41, 5.74) is 0.291. The van der Waals surface area contributed by atoms with Gasteiger partial charge in [0.15, 0.2) is 11.5 Å². The highest BCUT2D eigenvalue weighted by Crippen LogP contribution is 2.30. The average Bonchev–Trinajstić information content (AvgIpc) is 2.43. The van der Waals surface area contributed by atoms with E-state index in [1.165, 1.54) is 0 Å². The van der Waals surface area contributed by atoms with E-state index in [1.54, 1.807) is 34.1 Å². The van der Waals surface area contributed by atoms with E-state index in [1.807, 2.05) is 19.1 Å². The molecular formula is C17H25NO5.